The number of hydrogen-bond donors (Lipinski definition) is 0. The van der Waals surface area contributed by atoms with Crippen molar-refractivity contribution in [3.8, 4) is 11.4 Å². The van der Waals surface area contributed by atoms with Crippen molar-refractivity contribution >= 4 is 20.9 Å². The van der Waals surface area contributed by atoms with Gasteiger partial charge in [0.1, 0.15) is 11.3 Å². The third kappa shape index (κ3) is 5.40. The summed E-state index contributed by atoms with van der Waals surface area (Å²) in [5, 5.41) is 0. The number of piperidine rings is 2. The number of imidazole rings is 1. The van der Waals surface area contributed by atoms with Crippen LogP contribution >= 0.6 is 0 Å². The molecule has 3 heterocycles. The molecule has 0 radical (unpaired) electrons. The molecule has 8 heteroatoms. The summed E-state index contributed by atoms with van der Waals surface area (Å²) in [6, 6.07) is 12.9. The van der Waals surface area contributed by atoms with Crippen LogP contribution in [-0.4, -0.2) is 71.3 Å². The number of nitrogens with zero attached hydrogens (tertiary/aromatic N) is 4. The zero-order valence-electron chi connectivity index (χ0n) is 24.2. The van der Waals surface area contributed by atoms with E-state index in [-0.39, 0.29) is 16.6 Å². The maximum atomic E-state index is 16.0. The van der Waals surface area contributed by atoms with E-state index in [4.69, 9.17) is 4.98 Å². The Balaban J connectivity index is 1.32. The normalized spacial score (nSPS) is 24.2. The first kappa shape index (κ1) is 28.2. The lowest BCUT2D eigenvalue weighted by Gasteiger charge is -2.50. The molecule has 39 heavy (non-hydrogen) atoms. The molecule has 3 unspecified atom stereocenters. The van der Waals surface area contributed by atoms with Crippen molar-refractivity contribution in [1.82, 2.24) is 19.4 Å². The molecule has 2 fully saturated rings. The van der Waals surface area contributed by atoms with Gasteiger partial charge < -0.3 is 9.47 Å². The Morgan fingerprint density at radius 3 is 2.31 bits per heavy atom. The van der Waals surface area contributed by atoms with Gasteiger partial charge in [0.25, 0.3) is 0 Å². The molecule has 0 N–H and O–H groups in total. The van der Waals surface area contributed by atoms with E-state index < -0.39 is 9.84 Å². The third-order valence-corrected chi connectivity index (χ3v) is 10.3. The van der Waals surface area contributed by atoms with Crippen LogP contribution in [0.5, 0.6) is 0 Å². The topological polar surface area (TPSA) is 58.4 Å². The van der Waals surface area contributed by atoms with Crippen LogP contribution in [0.25, 0.3) is 22.4 Å². The quantitative estimate of drug-likeness (QED) is 0.374. The van der Waals surface area contributed by atoms with Crippen molar-refractivity contribution in [3.63, 3.8) is 0 Å². The average molecular weight is 555 g/mol. The molecular formula is C31H43FN4O2S. The third-order valence-electron chi connectivity index (χ3n) is 9.19. The molecule has 2 aliphatic rings. The summed E-state index contributed by atoms with van der Waals surface area (Å²) < 4.78 is 41.5. The molecule has 0 spiro atoms. The van der Waals surface area contributed by atoms with Crippen molar-refractivity contribution in [1.29, 1.82) is 0 Å². The molecule has 6 nitrogen and oxygen atoms in total. The molecule has 0 amide bonds. The van der Waals surface area contributed by atoms with E-state index in [1.165, 1.54) is 25.5 Å². The van der Waals surface area contributed by atoms with Crippen LogP contribution in [0.15, 0.2) is 41.3 Å². The Kier molecular flexibility index (Phi) is 7.92. The molecule has 0 saturated carbocycles. The lowest BCUT2D eigenvalue weighted by Crippen LogP contribution is -2.56. The van der Waals surface area contributed by atoms with Gasteiger partial charge in [-0.3, -0.25) is 4.90 Å². The summed E-state index contributed by atoms with van der Waals surface area (Å²) in [4.78, 5) is 10.3. The second kappa shape index (κ2) is 10.9. The van der Waals surface area contributed by atoms with Gasteiger partial charge in [-0.15, -0.1) is 0 Å². The molecule has 2 aromatic carbocycles. The van der Waals surface area contributed by atoms with Gasteiger partial charge in [-0.2, -0.15) is 0 Å². The monoisotopic (exact) mass is 554 g/mol. The van der Waals surface area contributed by atoms with Gasteiger partial charge >= 0.3 is 0 Å². The van der Waals surface area contributed by atoms with Crippen LogP contribution in [0.1, 0.15) is 71.3 Å². The second-order valence-electron chi connectivity index (χ2n) is 12.0. The highest BCUT2D eigenvalue weighted by molar-refractivity contribution is 7.90. The minimum Gasteiger partial charge on any atom is -0.325 e. The van der Waals surface area contributed by atoms with Gasteiger partial charge in [0.15, 0.2) is 15.7 Å². The standard InChI is InChI=1S/C31H43FN4O2S/c1-7-24-19-25(18-21(4)36(24)20(2)3)35-16-14-22(15-17-35)27-12-13-28-30(29(27)32)34(5)31(33-28)23-8-10-26(11-9-23)39(6,37)38/h8-13,20-22,24-25H,7,14-19H2,1-6H3. The number of rotatable bonds is 6. The van der Waals surface area contributed by atoms with Crippen LogP contribution < -0.4 is 0 Å². The van der Waals surface area contributed by atoms with Crippen molar-refractivity contribution in [3.05, 3.63) is 47.8 Å². The Morgan fingerprint density at radius 2 is 1.72 bits per heavy atom. The predicted octanol–water partition coefficient (Wildman–Crippen LogP) is 6.00. The number of halogens is 1. The lowest BCUT2D eigenvalue weighted by atomic mass is 9.84. The number of aromatic nitrogens is 2. The summed E-state index contributed by atoms with van der Waals surface area (Å²) in [6.45, 7) is 11.4. The Hall–Kier alpha value is -2.29. The van der Waals surface area contributed by atoms with Crippen molar-refractivity contribution in [2.24, 2.45) is 7.05 Å². The van der Waals surface area contributed by atoms with Crippen LogP contribution in [0.2, 0.25) is 0 Å². The maximum absolute atomic E-state index is 16.0. The molecule has 5 rings (SSSR count). The van der Waals surface area contributed by atoms with E-state index in [1.54, 1.807) is 28.8 Å². The summed E-state index contributed by atoms with van der Waals surface area (Å²) >= 11 is 0. The molecule has 0 bridgehead atoms. The highest BCUT2D eigenvalue weighted by Gasteiger charge is 2.37. The molecule has 212 valence electrons. The first-order chi connectivity index (χ1) is 18.5. The number of sulfone groups is 1. The van der Waals surface area contributed by atoms with Gasteiger partial charge in [0.2, 0.25) is 0 Å². The predicted molar refractivity (Wildman–Crippen MR) is 156 cm³/mol. The minimum absolute atomic E-state index is 0.176. The van der Waals surface area contributed by atoms with Gasteiger partial charge in [0, 0.05) is 43.0 Å². The summed E-state index contributed by atoms with van der Waals surface area (Å²) in [5.74, 6) is 0.654. The fourth-order valence-electron chi connectivity index (χ4n) is 7.29. The SMILES string of the molecule is CCC1CC(N2CCC(c3ccc4nc(-c5ccc(S(C)(=O)=O)cc5)n(C)c4c3F)CC2)CC(C)N1C(C)C. The highest BCUT2D eigenvalue weighted by Crippen LogP contribution is 2.37. The zero-order valence-corrected chi connectivity index (χ0v) is 25.0. The van der Waals surface area contributed by atoms with Crippen molar-refractivity contribution < 1.29 is 12.8 Å². The van der Waals surface area contributed by atoms with E-state index >= 15 is 4.39 Å². The summed E-state index contributed by atoms with van der Waals surface area (Å²) in [7, 11) is -1.45. The average Bonchev–Trinajstić information content (AvgIpc) is 3.24. The van der Waals surface area contributed by atoms with Crippen molar-refractivity contribution in [2.75, 3.05) is 19.3 Å². The van der Waals surface area contributed by atoms with E-state index in [2.05, 4.69) is 37.5 Å². The smallest absolute Gasteiger partial charge is 0.175 e. The number of likely N-dealkylation sites (tertiary alicyclic amines) is 2. The fourth-order valence-corrected chi connectivity index (χ4v) is 7.92. The summed E-state index contributed by atoms with van der Waals surface area (Å²) in [5.41, 5.74) is 2.68. The molecule has 3 aromatic rings. The molecule has 1 aromatic heterocycles. The molecule has 3 atom stereocenters. The zero-order chi connectivity index (χ0) is 28.1. The number of aryl methyl sites for hydroxylation is 1. The Labute approximate surface area is 233 Å². The molecule has 0 aliphatic carbocycles. The van der Waals surface area contributed by atoms with Crippen LogP contribution in [0, 0.1) is 5.82 Å². The minimum atomic E-state index is -3.28. The molecular weight excluding hydrogens is 511 g/mol. The fraction of sp³-hybridized carbons (Fsp3) is 0.581. The maximum Gasteiger partial charge on any atom is 0.175 e. The highest BCUT2D eigenvalue weighted by atomic mass is 32.2. The first-order valence-corrected chi connectivity index (χ1v) is 16.4. The first-order valence-electron chi connectivity index (χ1n) is 14.5. The van der Waals surface area contributed by atoms with E-state index in [0.29, 0.717) is 41.0 Å². The van der Waals surface area contributed by atoms with Crippen molar-refractivity contribution in [2.45, 2.75) is 94.8 Å². The van der Waals surface area contributed by atoms with Gasteiger partial charge in [-0.25, -0.2) is 17.8 Å². The number of hydrogen-bond acceptors (Lipinski definition) is 5. The summed E-state index contributed by atoms with van der Waals surface area (Å²) in [6.07, 6.45) is 6.76. The van der Waals surface area contributed by atoms with E-state index in [9.17, 15) is 8.42 Å². The number of benzene rings is 2. The van der Waals surface area contributed by atoms with Crippen LogP contribution in [0.4, 0.5) is 4.39 Å². The molecule has 2 saturated heterocycles. The Bertz CT molecular complexity index is 1430. The molecule has 2 aliphatic heterocycles. The largest absolute Gasteiger partial charge is 0.325 e. The van der Waals surface area contributed by atoms with Gasteiger partial charge in [-0.05, 0) is 108 Å². The van der Waals surface area contributed by atoms with Gasteiger partial charge in [-0.1, -0.05) is 13.0 Å². The van der Waals surface area contributed by atoms with Gasteiger partial charge in [0.05, 0.1) is 10.4 Å². The van der Waals surface area contributed by atoms with Crippen LogP contribution in [0.3, 0.4) is 0 Å². The Morgan fingerprint density at radius 1 is 1.05 bits per heavy atom. The number of fused-ring (bicyclic) bond motifs is 1. The van der Waals surface area contributed by atoms with E-state index in [1.807, 2.05) is 19.2 Å². The van der Waals surface area contributed by atoms with Crippen LogP contribution in [-0.2, 0) is 16.9 Å². The second-order valence-corrected chi connectivity index (χ2v) is 14.0. The lowest BCUT2D eigenvalue weighted by molar-refractivity contribution is -0.000247. The van der Waals surface area contributed by atoms with E-state index in [0.717, 1.165) is 37.1 Å².